The van der Waals surface area contributed by atoms with Crippen LogP contribution >= 0.6 is 0 Å². The van der Waals surface area contributed by atoms with Crippen molar-refractivity contribution in [2.75, 3.05) is 51.3 Å². The van der Waals surface area contributed by atoms with Gasteiger partial charge in [0, 0.05) is 38.6 Å². The third kappa shape index (κ3) is 4.49. The number of nitrogens with zero attached hydrogens (tertiary/aromatic N) is 5. The summed E-state index contributed by atoms with van der Waals surface area (Å²) in [5.74, 6) is 2.49. The van der Waals surface area contributed by atoms with Crippen LogP contribution in [0, 0.1) is 5.92 Å². The van der Waals surface area contributed by atoms with Crippen LogP contribution in [0.15, 0.2) is 48.5 Å². The van der Waals surface area contributed by atoms with Crippen molar-refractivity contribution < 1.29 is 9.53 Å². The van der Waals surface area contributed by atoms with Crippen LogP contribution in [0.1, 0.15) is 25.6 Å². The highest BCUT2D eigenvalue weighted by atomic mass is 16.5. The number of carbonyl (C=O) groups is 1. The first-order valence-electron chi connectivity index (χ1n) is 12.5. The Morgan fingerprint density at radius 3 is 2.41 bits per heavy atom. The van der Waals surface area contributed by atoms with Crippen molar-refractivity contribution in [1.82, 2.24) is 19.4 Å². The van der Waals surface area contributed by atoms with E-state index in [1.807, 2.05) is 24.3 Å². The number of fused-ring (bicyclic) bond motifs is 1. The molecule has 180 valence electrons. The van der Waals surface area contributed by atoms with E-state index < -0.39 is 0 Å². The van der Waals surface area contributed by atoms with Gasteiger partial charge in [-0.3, -0.25) is 9.69 Å². The van der Waals surface area contributed by atoms with Crippen LogP contribution in [0.5, 0.6) is 5.75 Å². The molecule has 0 radical (unpaired) electrons. The Hall–Kier alpha value is -3.06. The van der Waals surface area contributed by atoms with Gasteiger partial charge in [-0.25, -0.2) is 4.98 Å². The molecule has 0 aliphatic carbocycles. The summed E-state index contributed by atoms with van der Waals surface area (Å²) >= 11 is 0. The summed E-state index contributed by atoms with van der Waals surface area (Å²) in [5, 5.41) is 0. The zero-order valence-electron chi connectivity index (χ0n) is 20.3. The Balaban J connectivity index is 1.14. The Morgan fingerprint density at radius 1 is 0.971 bits per heavy atom. The van der Waals surface area contributed by atoms with Crippen molar-refractivity contribution >= 4 is 22.6 Å². The molecule has 0 unspecified atom stereocenters. The van der Waals surface area contributed by atoms with Gasteiger partial charge in [-0.1, -0.05) is 24.3 Å². The molecule has 2 aliphatic heterocycles. The molecule has 7 heteroatoms. The SMILES string of the molecule is CCn1c(CN2CCC(C(=O)N3CCN(c4ccccc4OC)CC3)CC2)nc2ccccc21. The van der Waals surface area contributed by atoms with Gasteiger partial charge in [0.1, 0.15) is 11.6 Å². The molecule has 0 N–H and O–H groups in total. The molecule has 5 rings (SSSR count). The van der Waals surface area contributed by atoms with E-state index >= 15 is 0 Å². The predicted molar refractivity (Wildman–Crippen MR) is 135 cm³/mol. The number of carbonyl (C=O) groups excluding carboxylic acids is 1. The zero-order chi connectivity index (χ0) is 23.5. The van der Waals surface area contributed by atoms with Gasteiger partial charge in [0.2, 0.25) is 5.91 Å². The number of piperazine rings is 1. The minimum Gasteiger partial charge on any atom is -0.495 e. The van der Waals surface area contributed by atoms with Gasteiger partial charge in [-0.2, -0.15) is 0 Å². The van der Waals surface area contributed by atoms with Crippen LogP contribution in [0.25, 0.3) is 11.0 Å². The van der Waals surface area contributed by atoms with E-state index in [9.17, 15) is 4.79 Å². The van der Waals surface area contributed by atoms with Gasteiger partial charge in [0.25, 0.3) is 0 Å². The topological polar surface area (TPSA) is 53.8 Å². The lowest BCUT2D eigenvalue weighted by molar-refractivity contribution is -0.137. The van der Waals surface area contributed by atoms with Crippen LogP contribution in [-0.4, -0.2) is 71.6 Å². The number of rotatable bonds is 6. The lowest BCUT2D eigenvalue weighted by Gasteiger charge is -2.39. The molecule has 0 saturated carbocycles. The Kier molecular flexibility index (Phi) is 6.72. The molecular formula is C27H35N5O2. The smallest absolute Gasteiger partial charge is 0.225 e. The molecule has 2 aromatic carbocycles. The van der Waals surface area contributed by atoms with Gasteiger partial charge in [0.15, 0.2) is 0 Å². The highest BCUT2D eigenvalue weighted by Gasteiger charge is 2.31. The molecule has 0 spiro atoms. The van der Waals surface area contributed by atoms with Gasteiger partial charge in [-0.05, 0) is 57.1 Å². The number of benzene rings is 2. The second kappa shape index (κ2) is 10.1. The normalized spacial score (nSPS) is 17.9. The number of aromatic nitrogens is 2. The number of para-hydroxylation sites is 4. The molecule has 1 amide bonds. The number of aryl methyl sites for hydroxylation is 1. The van der Waals surface area contributed by atoms with Crippen LogP contribution in [0.4, 0.5) is 5.69 Å². The van der Waals surface area contributed by atoms with E-state index in [0.717, 1.165) is 88.0 Å². The molecule has 0 bridgehead atoms. The second-order valence-electron chi connectivity index (χ2n) is 9.30. The first kappa shape index (κ1) is 22.7. The van der Waals surface area contributed by atoms with Gasteiger partial charge in [0.05, 0.1) is 30.4 Å². The van der Waals surface area contributed by atoms with Crippen LogP contribution in [0.3, 0.4) is 0 Å². The molecule has 2 fully saturated rings. The predicted octanol–water partition coefficient (Wildman–Crippen LogP) is 3.63. The lowest BCUT2D eigenvalue weighted by atomic mass is 9.95. The third-order valence-electron chi connectivity index (χ3n) is 7.37. The molecule has 3 heterocycles. The van der Waals surface area contributed by atoms with Gasteiger partial charge in [-0.15, -0.1) is 0 Å². The summed E-state index contributed by atoms with van der Waals surface area (Å²) in [6, 6.07) is 16.5. The molecule has 3 aromatic rings. The minimum absolute atomic E-state index is 0.138. The van der Waals surface area contributed by atoms with E-state index in [4.69, 9.17) is 9.72 Å². The fraction of sp³-hybridized carbons (Fsp3) is 0.481. The van der Waals surface area contributed by atoms with E-state index in [2.05, 4.69) is 50.5 Å². The zero-order valence-corrected chi connectivity index (χ0v) is 20.3. The molecule has 7 nitrogen and oxygen atoms in total. The van der Waals surface area contributed by atoms with Gasteiger partial charge >= 0.3 is 0 Å². The van der Waals surface area contributed by atoms with Crippen molar-refractivity contribution in [2.45, 2.75) is 32.9 Å². The molecule has 34 heavy (non-hydrogen) atoms. The molecule has 1 aromatic heterocycles. The monoisotopic (exact) mass is 461 g/mol. The van der Waals surface area contributed by atoms with Crippen molar-refractivity contribution in [1.29, 1.82) is 0 Å². The minimum atomic E-state index is 0.138. The van der Waals surface area contributed by atoms with Crippen molar-refractivity contribution in [3.05, 3.63) is 54.4 Å². The first-order chi connectivity index (χ1) is 16.7. The maximum atomic E-state index is 13.3. The fourth-order valence-corrected chi connectivity index (χ4v) is 5.45. The maximum absolute atomic E-state index is 13.3. The van der Waals surface area contributed by atoms with Crippen LogP contribution in [0.2, 0.25) is 0 Å². The quantitative estimate of drug-likeness (QED) is 0.561. The third-order valence-corrected chi connectivity index (χ3v) is 7.37. The number of likely N-dealkylation sites (tertiary alicyclic amines) is 1. The fourth-order valence-electron chi connectivity index (χ4n) is 5.45. The number of imidazole rings is 1. The van der Waals surface area contributed by atoms with E-state index in [-0.39, 0.29) is 5.92 Å². The average molecular weight is 462 g/mol. The summed E-state index contributed by atoms with van der Waals surface area (Å²) in [7, 11) is 1.71. The first-order valence-corrected chi connectivity index (χ1v) is 12.5. The maximum Gasteiger partial charge on any atom is 0.225 e. The van der Waals surface area contributed by atoms with E-state index in [0.29, 0.717) is 5.91 Å². The number of anilines is 1. The number of hydrogen-bond donors (Lipinski definition) is 0. The number of amides is 1. The summed E-state index contributed by atoms with van der Waals surface area (Å²) < 4.78 is 7.83. The van der Waals surface area contributed by atoms with E-state index in [1.54, 1.807) is 7.11 Å². The number of hydrogen-bond acceptors (Lipinski definition) is 5. The molecular weight excluding hydrogens is 426 g/mol. The van der Waals surface area contributed by atoms with E-state index in [1.165, 1.54) is 5.52 Å². The van der Waals surface area contributed by atoms with Crippen molar-refractivity contribution in [2.24, 2.45) is 5.92 Å². The number of piperidine rings is 1. The number of ether oxygens (including phenoxy) is 1. The summed E-state index contributed by atoms with van der Waals surface area (Å²) in [5.41, 5.74) is 3.39. The van der Waals surface area contributed by atoms with Crippen molar-refractivity contribution in [3.8, 4) is 5.75 Å². The Labute approximate surface area is 201 Å². The highest BCUT2D eigenvalue weighted by molar-refractivity contribution is 5.79. The standard InChI is InChI=1S/C27H35N5O2/c1-3-32-23-9-5-4-8-22(23)28-26(32)20-29-14-12-21(13-15-29)27(33)31-18-16-30(17-19-31)24-10-6-7-11-25(24)34-2/h4-11,21H,3,12-20H2,1-2H3. The molecule has 0 atom stereocenters. The Bertz CT molecular complexity index is 1130. The highest BCUT2D eigenvalue weighted by Crippen LogP contribution is 2.29. The van der Waals surface area contributed by atoms with Crippen LogP contribution in [-0.2, 0) is 17.9 Å². The number of methoxy groups -OCH3 is 1. The summed E-state index contributed by atoms with van der Waals surface area (Å²) in [6.07, 6.45) is 1.86. The van der Waals surface area contributed by atoms with Gasteiger partial charge < -0.3 is 19.1 Å². The largest absolute Gasteiger partial charge is 0.495 e. The van der Waals surface area contributed by atoms with Crippen LogP contribution < -0.4 is 9.64 Å². The average Bonchev–Trinajstić information content (AvgIpc) is 3.25. The van der Waals surface area contributed by atoms with Crippen molar-refractivity contribution in [3.63, 3.8) is 0 Å². The Morgan fingerprint density at radius 2 is 1.68 bits per heavy atom. The second-order valence-corrected chi connectivity index (χ2v) is 9.30. The lowest BCUT2D eigenvalue weighted by Crippen LogP contribution is -2.51. The summed E-state index contributed by atoms with van der Waals surface area (Å²) in [6.45, 7) is 9.09. The molecule has 2 aliphatic rings. The summed E-state index contributed by atoms with van der Waals surface area (Å²) in [4.78, 5) is 25.0. The molecule has 2 saturated heterocycles.